The van der Waals surface area contributed by atoms with E-state index in [1.807, 2.05) is 0 Å². The number of hydrogen-bond donors (Lipinski definition) is 2. The van der Waals surface area contributed by atoms with Crippen LogP contribution in [0.1, 0.15) is 25.5 Å². The zero-order valence-corrected chi connectivity index (χ0v) is 13.5. The Labute approximate surface area is 142 Å². The fourth-order valence-corrected chi connectivity index (χ4v) is 3.17. The van der Waals surface area contributed by atoms with Gasteiger partial charge in [0, 0.05) is 6.61 Å². The zero-order chi connectivity index (χ0) is 17.4. The lowest BCUT2D eigenvalue weighted by Crippen LogP contribution is -2.34. The average Bonchev–Trinajstić information content (AvgIpc) is 3.18. The van der Waals surface area contributed by atoms with Crippen LogP contribution in [0.3, 0.4) is 0 Å². The van der Waals surface area contributed by atoms with E-state index in [-0.39, 0.29) is 18.7 Å². The lowest BCUT2D eigenvalue weighted by Gasteiger charge is -2.24. The fourth-order valence-electron chi connectivity index (χ4n) is 3.17. The molecule has 5 atom stereocenters. The van der Waals surface area contributed by atoms with Crippen LogP contribution in [0, 0.1) is 0 Å². The van der Waals surface area contributed by atoms with Crippen LogP contribution in [-0.2, 0) is 14.2 Å². The summed E-state index contributed by atoms with van der Waals surface area (Å²) in [4.78, 5) is 12.0. The number of nitrogen functional groups attached to an aromatic ring is 1. The number of aromatic nitrogens is 4. The molecule has 3 N–H and O–H groups in total. The summed E-state index contributed by atoms with van der Waals surface area (Å²) in [5.74, 6) is 0.201. The average molecular weight is 353 g/mol. The first-order chi connectivity index (χ1) is 12.1. The fraction of sp³-hybridized carbons (Fsp3) is 0.667. The van der Waals surface area contributed by atoms with Crippen LogP contribution >= 0.6 is 0 Å². The molecule has 10 heteroatoms. The van der Waals surface area contributed by atoms with Crippen molar-refractivity contribution in [2.75, 3.05) is 18.9 Å². The maximum atomic E-state index is 14.6. The van der Waals surface area contributed by atoms with Gasteiger partial charge in [0.25, 0.3) is 0 Å². The molecule has 0 spiro atoms. The van der Waals surface area contributed by atoms with E-state index in [0.717, 1.165) is 19.3 Å². The van der Waals surface area contributed by atoms with Gasteiger partial charge in [-0.2, -0.15) is 0 Å². The van der Waals surface area contributed by atoms with Crippen molar-refractivity contribution in [3.63, 3.8) is 0 Å². The number of aliphatic hydroxyl groups is 1. The third-order valence-corrected chi connectivity index (χ3v) is 4.54. The van der Waals surface area contributed by atoms with Gasteiger partial charge in [-0.1, -0.05) is 0 Å². The molecule has 0 aromatic carbocycles. The van der Waals surface area contributed by atoms with Gasteiger partial charge in [0.2, 0.25) is 0 Å². The van der Waals surface area contributed by atoms with E-state index in [4.69, 9.17) is 19.9 Å². The number of anilines is 1. The Balaban J connectivity index is 1.48. The van der Waals surface area contributed by atoms with Crippen molar-refractivity contribution in [1.29, 1.82) is 0 Å². The molecule has 2 aromatic heterocycles. The van der Waals surface area contributed by atoms with Crippen molar-refractivity contribution < 1.29 is 23.7 Å². The van der Waals surface area contributed by atoms with E-state index >= 15 is 0 Å². The number of nitrogens with two attached hydrogens (primary N) is 1. The first kappa shape index (κ1) is 16.6. The Hall–Kier alpha value is -1.88. The molecule has 25 heavy (non-hydrogen) atoms. The zero-order valence-electron chi connectivity index (χ0n) is 13.5. The Kier molecular flexibility index (Phi) is 4.50. The first-order valence-corrected chi connectivity index (χ1v) is 8.29. The van der Waals surface area contributed by atoms with Crippen molar-refractivity contribution >= 4 is 17.0 Å². The molecule has 0 bridgehead atoms. The molecule has 2 saturated heterocycles. The minimum absolute atomic E-state index is 0.0481. The normalized spacial score (nSPS) is 33.1. The number of rotatable bonds is 4. The van der Waals surface area contributed by atoms with Gasteiger partial charge in [-0.15, -0.1) is 0 Å². The minimum Gasteiger partial charge on any atom is -0.387 e. The van der Waals surface area contributed by atoms with Crippen LogP contribution in [0.15, 0.2) is 12.7 Å². The second kappa shape index (κ2) is 6.79. The van der Waals surface area contributed by atoms with E-state index in [0.29, 0.717) is 17.8 Å². The lowest BCUT2D eigenvalue weighted by atomic mass is 10.1. The van der Waals surface area contributed by atoms with Crippen molar-refractivity contribution in [2.45, 2.75) is 50.2 Å². The van der Waals surface area contributed by atoms with Gasteiger partial charge >= 0.3 is 0 Å². The molecule has 1 unspecified atom stereocenters. The molecule has 0 amide bonds. The van der Waals surface area contributed by atoms with E-state index in [1.165, 1.54) is 17.2 Å². The predicted octanol–water partition coefficient (Wildman–Crippen LogP) is 0.548. The molecule has 2 aliphatic rings. The molecule has 9 nitrogen and oxygen atoms in total. The van der Waals surface area contributed by atoms with Gasteiger partial charge in [-0.05, 0) is 19.3 Å². The lowest BCUT2D eigenvalue weighted by molar-refractivity contribution is -0.185. The van der Waals surface area contributed by atoms with E-state index in [1.54, 1.807) is 0 Å². The summed E-state index contributed by atoms with van der Waals surface area (Å²) in [6, 6.07) is 0. The first-order valence-electron chi connectivity index (χ1n) is 8.29. The van der Waals surface area contributed by atoms with Gasteiger partial charge in [-0.3, -0.25) is 4.57 Å². The molecular weight excluding hydrogens is 333 g/mol. The molecule has 0 saturated carbocycles. The van der Waals surface area contributed by atoms with E-state index in [9.17, 15) is 9.50 Å². The van der Waals surface area contributed by atoms with E-state index < -0.39 is 24.6 Å². The summed E-state index contributed by atoms with van der Waals surface area (Å²) in [5, 5.41) is 10.2. The van der Waals surface area contributed by atoms with Crippen molar-refractivity contribution in [3.8, 4) is 0 Å². The summed E-state index contributed by atoms with van der Waals surface area (Å²) in [6.07, 6.45) is 0.321. The predicted molar refractivity (Wildman–Crippen MR) is 84.1 cm³/mol. The highest BCUT2D eigenvalue weighted by Gasteiger charge is 2.46. The molecule has 4 rings (SSSR count). The second-order valence-electron chi connectivity index (χ2n) is 6.21. The van der Waals surface area contributed by atoms with Crippen LogP contribution in [-0.4, -0.2) is 62.5 Å². The van der Waals surface area contributed by atoms with Gasteiger partial charge in [0.05, 0.1) is 12.9 Å². The Bertz CT molecular complexity index is 738. The molecule has 136 valence electrons. The number of ether oxygens (including phenoxy) is 3. The standard InChI is InChI=1S/C15H20FN5O4/c16-10-12(22)8(5-24-9-3-1-2-4-23-9)25-15(10)21-7-20-11-13(17)18-6-19-14(11)21/h6-10,12,15,22H,1-5H2,(H2,17,18,19)/t8-,9?,10-,12-,15-/m1/s1. The van der Waals surface area contributed by atoms with Gasteiger partial charge in [0.15, 0.2) is 30.2 Å². The van der Waals surface area contributed by atoms with E-state index in [2.05, 4.69) is 15.0 Å². The molecule has 2 fully saturated rings. The number of nitrogens with zero attached hydrogens (tertiary/aromatic N) is 4. The molecule has 4 heterocycles. The third-order valence-electron chi connectivity index (χ3n) is 4.54. The maximum absolute atomic E-state index is 14.6. The highest BCUT2D eigenvalue weighted by atomic mass is 19.1. The maximum Gasteiger partial charge on any atom is 0.173 e. The summed E-state index contributed by atoms with van der Waals surface area (Å²) in [5.41, 5.74) is 6.46. The molecule has 2 aliphatic heterocycles. The highest BCUT2D eigenvalue weighted by Crippen LogP contribution is 2.34. The van der Waals surface area contributed by atoms with Gasteiger partial charge in [0.1, 0.15) is 24.1 Å². The van der Waals surface area contributed by atoms with Crippen LogP contribution < -0.4 is 5.73 Å². The summed E-state index contributed by atoms with van der Waals surface area (Å²) < 4.78 is 32.8. The number of fused-ring (bicyclic) bond motifs is 1. The number of alkyl halides is 1. The highest BCUT2D eigenvalue weighted by molar-refractivity contribution is 5.81. The largest absolute Gasteiger partial charge is 0.387 e. The number of imidazole rings is 1. The molecule has 0 aliphatic carbocycles. The van der Waals surface area contributed by atoms with Crippen LogP contribution in [0.25, 0.3) is 11.2 Å². The second-order valence-corrected chi connectivity index (χ2v) is 6.21. The SMILES string of the molecule is Nc1ncnc2c1ncn2[C@@H]1O[C@H](COC2CCCCO2)[C@@H](O)[C@H]1F. The van der Waals surface area contributed by atoms with Crippen molar-refractivity contribution in [3.05, 3.63) is 12.7 Å². The summed E-state index contributed by atoms with van der Waals surface area (Å²) in [6.45, 7) is 0.696. The number of halogens is 1. The molecule has 2 aromatic rings. The van der Waals surface area contributed by atoms with Crippen molar-refractivity contribution in [1.82, 2.24) is 19.5 Å². The van der Waals surface area contributed by atoms with Crippen LogP contribution in [0.4, 0.5) is 10.2 Å². The number of aliphatic hydroxyl groups excluding tert-OH is 1. The van der Waals surface area contributed by atoms with Crippen LogP contribution in [0.5, 0.6) is 0 Å². The number of hydrogen-bond acceptors (Lipinski definition) is 8. The Morgan fingerprint density at radius 2 is 2.24 bits per heavy atom. The quantitative estimate of drug-likeness (QED) is 0.818. The third kappa shape index (κ3) is 3.06. The van der Waals surface area contributed by atoms with Gasteiger partial charge in [-0.25, -0.2) is 19.3 Å². The monoisotopic (exact) mass is 353 g/mol. The Morgan fingerprint density at radius 1 is 1.36 bits per heavy atom. The van der Waals surface area contributed by atoms with Crippen LogP contribution in [0.2, 0.25) is 0 Å². The Morgan fingerprint density at radius 3 is 3.04 bits per heavy atom. The smallest absolute Gasteiger partial charge is 0.173 e. The molecule has 0 radical (unpaired) electrons. The topological polar surface area (TPSA) is 118 Å². The summed E-state index contributed by atoms with van der Waals surface area (Å²) in [7, 11) is 0. The minimum atomic E-state index is -1.64. The summed E-state index contributed by atoms with van der Waals surface area (Å²) >= 11 is 0. The van der Waals surface area contributed by atoms with Crippen molar-refractivity contribution in [2.24, 2.45) is 0 Å². The molecular formula is C15H20FN5O4. The van der Waals surface area contributed by atoms with Gasteiger partial charge < -0.3 is 25.1 Å².